The van der Waals surface area contributed by atoms with Gasteiger partial charge >= 0.3 is 5.69 Å². The summed E-state index contributed by atoms with van der Waals surface area (Å²) in [6.07, 6.45) is 1.13. The van der Waals surface area contributed by atoms with E-state index < -0.39 is 21.8 Å². The van der Waals surface area contributed by atoms with Crippen molar-refractivity contribution >= 4 is 17.3 Å². The predicted octanol–water partition coefficient (Wildman–Crippen LogP) is 0.928. The number of hydrogen-bond donors (Lipinski definition) is 3. The molecule has 0 atom stereocenters. The van der Waals surface area contributed by atoms with Crippen LogP contribution in [0.3, 0.4) is 0 Å². The Labute approximate surface area is 104 Å². The highest BCUT2D eigenvalue weighted by Gasteiger charge is 2.37. The number of anilines is 2. The van der Waals surface area contributed by atoms with Crippen LogP contribution in [0.25, 0.3) is 0 Å². The molecule has 0 bridgehead atoms. The molecule has 1 heterocycles. The maximum absolute atomic E-state index is 10.9. The standard InChI is InChI=1S/C10H17N5O3/c1-9(2,10(3,4)16)14-8-6(15(17)18)7(11)12-5-13-8/h5,16H,1-4H3,(H3,11,12,13,14). The summed E-state index contributed by atoms with van der Waals surface area (Å²) < 4.78 is 0. The molecule has 0 aromatic carbocycles. The fraction of sp³-hybridized carbons (Fsp3) is 0.600. The Balaban J connectivity index is 3.21. The normalized spacial score (nSPS) is 12.3. The summed E-state index contributed by atoms with van der Waals surface area (Å²) >= 11 is 0. The number of nitrogens with two attached hydrogens (primary N) is 1. The molecule has 0 radical (unpaired) electrons. The van der Waals surface area contributed by atoms with E-state index >= 15 is 0 Å². The highest BCUT2D eigenvalue weighted by atomic mass is 16.6. The second-order valence-electron chi connectivity index (χ2n) is 5.02. The van der Waals surface area contributed by atoms with Crippen LogP contribution in [0.2, 0.25) is 0 Å². The van der Waals surface area contributed by atoms with Gasteiger partial charge in [0.2, 0.25) is 11.6 Å². The third kappa shape index (κ3) is 2.65. The van der Waals surface area contributed by atoms with E-state index in [0.717, 1.165) is 6.33 Å². The van der Waals surface area contributed by atoms with Gasteiger partial charge in [-0.25, -0.2) is 9.97 Å². The molecule has 0 saturated heterocycles. The molecular formula is C10H17N5O3. The Morgan fingerprint density at radius 3 is 2.39 bits per heavy atom. The second kappa shape index (κ2) is 4.37. The first-order valence-corrected chi connectivity index (χ1v) is 5.31. The molecule has 0 aliphatic rings. The van der Waals surface area contributed by atoms with Crippen molar-refractivity contribution in [3.05, 3.63) is 16.4 Å². The highest BCUT2D eigenvalue weighted by molar-refractivity contribution is 5.68. The van der Waals surface area contributed by atoms with Gasteiger partial charge in [0, 0.05) is 0 Å². The van der Waals surface area contributed by atoms with E-state index in [1.165, 1.54) is 0 Å². The van der Waals surface area contributed by atoms with E-state index in [4.69, 9.17) is 5.73 Å². The average Bonchev–Trinajstić information content (AvgIpc) is 2.14. The molecule has 100 valence electrons. The first kappa shape index (κ1) is 14.1. The molecule has 1 aromatic rings. The summed E-state index contributed by atoms with van der Waals surface area (Å²) in [6, 6.07) is 0. The van der Waals surface area contributed by atoms with Crippen molar-refractivity contribution in [2.75, 3.05) is 11.1 Å². The van der Waals surface area contributed by atoms with Gasteiger partial charge in [-0.05, 0) is 27.7 Å². The van der Waals surface area contributed by atoms with Gasteiger partial charge in [0.25, 0.3) is 0 Å². The fourth-order valence-electron chi connectivity index (χ4n) is 1.11. The van der Waals surface area contributed by atoms with Crippen LogP contribution in [0, 0.1) is 10.1 Å². The van der Waals surface area contributed by atoms with Gasteiger partial charge in [-0.2, -0.15) is 0 Å². The van der Waals surface area contributed by atoms with E-state index in [0.29, 0.717) is 0 Å². The average molecular weight is 255 g/mol. The lowest BCUT2D eigenvalue weighted by Crippen LogP contribution is -2.51. The molecule has 0 amide bonds. The Kier molecular flexibility index (Phi) is 3.43. The fourth-order valence-corrected chi connectivity index (χ4v) is 1.11. The first-order valence-electron chi connectivity index (χ1n) is 5.31. The van der Waals surface area contributed by atoms with Crippen LogP contribution in [0.1, 0.15) is 27.7 Å². The number of hydrogen-bond acceptors (Lipinski definition) is 7. The lowest BCUT2D eigenvalue weighted by atomic mass is 9.86. The molecule has 1 rings (SSSR count). The van der Waals surface area contributed by atoms with Gasteiger partial charge in [-0.3, -0.25) is 10.1 Å². The van der Waals surface area contributed by atoms with E-state index in [2.05, 4.69) is 15.3 Å². The van der Waals surface area contributed by atoms with Crippen LogP contribution in [0.15, 0.2) is 6.33 Å². The SMILES string of the molecule is CC(C)(O)C(C)(C)Nc1ncnc(N)c1[N+](=O)[O-]. The maximum atomic E-state index is 10.9. The molecule has 0 saturated carbocycles. The topological polar surface area (TPSA) is 127 Å². The predicted molar refractivity (Wildman–Crippen MR) is 67.1 cm³/mol. The number of aliphatic hydroxyl groups is 1. The summed E-state index contributed by atoms with van der Waals surface area (Å²) in [5.74, 6) is -0.233. The van der Waals surface area contributed by atoms with Gasteiger partial charge in [-0.1, -0.05) is 0 Å². The van der Waals surface area contributed by atoms with E-state index in [1.807, 2.05) is 0 Å². The summed E-state index contributed by atoms with van der Waals surface area (Å²) in [7, 11) is 0. The zero-order chi connectivity index (χ0) is 14.1. The molecule has 4 N–H and O–H groups in total. The number of aromatic nitrogens is 2. The molecule has 8 nitrogen and oxygen atoms in total. The monoisotopic (exact) mass is 255 g/mol. The summed E-state index contributed by atoms with van der Waals surface area (Å²) in [5, 5.41) is 23.7. The van der Waals surface area contributed by atoms with Crippen molar-refractivity contribution in [2.45, 2.75) is 38.8 Å². The molecule has 1 aromatic heterocycles. The molecule has 8 heteroatoms. The highest BCUT2D eigenvalue weighted by Crippen LogP contribution is 2.32. The zero-order valence-corrected chi connectivity index (χ0v) is 10.8. The van der Waals surface area contributed by atoms with Crippen LogP contribution in [-0.2, 0) is 0 Å². The molecular weight excluding hydrogens is 238 g/mol. The third-order valence-electron chi connectivity index (χ3n) is 2.99. The lowest BCUT2D eigenvalue weighted by molar-refractivity contribution is -0.383. The van der Waals surface area contributed by atoms with Gasteiger partial charge in [0.1, 0.15) is 6.33 Å². The first-order chi connectivity index (χ1) is 8.06. The van der Waals surface area contributed by atoms with Crippen molar-refractivity contribution in [3.8, 4) is 0 Å². The number of rotatable bonds is 4. The van der Waals surface area contributed by atoms with Crippen molar-refractivity contribution in [3.63, 3.8) is 0 Å². The van der Waals surface area contributed by atoms with E-state index in [-0.39, 0.29) is 11.6 Å². The summed E-state index contributed by atoms with van der Waals surface area (Å²) in [5.41, 5.74) is 3.12. The smallest absolute Gasteiger partial charge is 0.353 e. The molecule has 0 unspecified atom stereocenters. The van der Waals surface area contributed by atoms with Gasteiger partial charge in [0.05, 0.1) is 16.1 Å². The third-order valence-corrected chi connectivity index (χ3v) is 2.99. The van der Waals surface area contributed by atoms with E-state index in [1.54, 1.807) is 27.7 Å². The minimum absolute atomic E-state index is 0.0142. The summed E-state index contributed by atoms with van der Waals surface area (Å²) in [6.45, 7) is 6.59. The van der Waals surface area contributed by atoms with Gasteiger partial charge in [0.15, 0.2) is 0 Å². The molecule has 18 heavy (non-hydrogen) atoms. The quantitative estimate of drug-likeness (QED) is 0.539. The van der Waals surface area contributed by atoms with Crippen molar-refractivity contribution in [2.24, 2.45) is 0 Å². The summed E-state index contributed by atoms with van der Waals surface area (Å²) in [4.78, 5) is 17.6. The minimum atomic E-state index is -1.11. The second-order valence-corrected chi connectivity index (χ2v) is 5.02. The van der Waals surface area contributed by atoms with Crippen LogP contribution in [0.5, 0.6) is 0 Å². The van der Waals surface area contributed by atoms with Crippen molar-refractivity contribution in [1.29, 1.82) is 0 Å². The van der Waals surface area contributed by atoms with Crippen molar-refractivity contribution < 1.29 is 10.0 Å². The van der Waals surface area contributed by atoms with Crippen LogP contribution < -0.4 is 11.1 Å². The number of nitrogen functional groups attached to an aromatic ring is 1. The zero-order valence-electron chi connectivity index (χ0n) is 10.8. The largest absolute Gasteiger partial charge is 0.388 e. The van der Waals surface area contributed by atoms with Crippen LogP contribution >= 0.6 is 0 Å². The molecule has 0 spiro atoms. The molecule has 0 aliphatic carbocycles. The number of nitro groups is 1. The Hall–Kier alpha value is -1.96. The Morgan fingerprint density at radius 2 is 1.94 bits per heavy atom. The molecule has 0 fully saturated rings. The Bertz CT molecular complexity index is 467. The minimum Gasteiger partial charge on any atom is -0.388 e. The molecule has 0 aliphatic heterocycles. The number of nitrogens with one attached hydrogen (secondary N) is 1. The lowest BCUT2D eigenvalue weighted by Gasteiger charge is -2.38. The van der Waals surface area contributed by atoms with E-state index in [9.17, 15) is 15.2 Å². The number of nitrogens with zero attached hydrogens (tertiary/aromatic N) is 3. The van der Waals surface area contributed by atoms with Gasteiger partial charge < -0.3 is 16.2 Å². The maximum Gasteiger partial charge on any atom is 0.353 e. The van der Waals surface area contributed by atoms with Crippen LogP contribution in [0.4, 0.5) is 17.3 Å². The van der Waals surface area contributed by atoms with Crippen molar-refractivity contribution in [1.82, 2.24) is 9.97 Å². The van der Waals surface area contributed by atoms with Crippen LogP contribution in [-0.4, -0.2) is 31.1 Å². The van der Waals surface area contributed by atoms with Gasteiger partial charge in [-0.15, -0.1) is 0 Å². The Morgan fingerprint density at radius 1 is 1.39 bits per heavy atom.